The third-order valence-corrected chi connectivity index (χ3v) is 10.7. The lowest BCUT2D eigenvalue weighted by Gasteiger charge is -2.59. The molecule has 182 valence electrons. The van der Waals surface area contributed by atoms with Crippen LogP contribution in [-0.2, 0) is 4.79 Å². The number of fused-ring (bicyclic) bond motifs is 5. The number of rotatable bonds is 6. The van der Waals surface area contributed by atoms with Crippen molar-refractivity contribution in [2.75, 3.05) is 0 Å². The average Bonchev–Trinajstić information content (AvgIpc) is 3.09. The van der Waals surface area contributed by atoms with E-state index in [4.69, 9.17) is 0 Å². The maximum absolute atomic E-state index is 11.3. The summed E-state index contributed by atoms with van der Waals surface area (Å²) in [7, 11) is 0. The Kier molecular flexibility index (Phi) is 6.59. The van der Waals surface area contributed by atoms with Gasteiger partial charge in [-0.15, -0.1) is 0 Å². The molecule has 0 bridgehead atoms. The highest BCUT2D eigenvalue weighted by Crippen LogP contribution is 2.67. The smallest absolute Gasteiger partial charge is 0.308 e. The summed E-state index contributed by atoms with van der Waals surface area (Å²) in [6.07, 6.45) is 9.27. The Morgan fingerprint density at radius 1 is 1.06 bits per heavy atom. The summed E-state index contributed by atoms with van der Waals surface area (Å²) in [6, 6.07) is 0. The topological polar surface area (TPSA) is 98.0 Å². The van der Waals surface area contributed by atoms with Crippen molar-refractivity contribution in [2.24, 2.45) is 46.3 Å². The largest absolute Gasteiger partial charge is 0.481 e. The molecule has 0 radical (unpaired) electrons. The normalized spacial score (nSPS) is 46.3. The Bertz CT molecular complexity index is 748. The fourth-order valence-corrected chi connectivity index (χ4v) is 8.65. The van der Waals surface area contributed by atoms with E-state index in [0.717, 1.165) is 44.9 Å². The predicted molar refractivity (Wildman–Crippen MR) is 124 cm³/mol. The molecule has 4 rings (SSSR count). The van der Waals surface area contributed by atoms with E-state index in [2.05, 4.69) is 26.8 Å². The van der Waals surface area contributed by atoms with E-state index in [1.165, 1.54) is 12.0 Å². The number of hydrogen-bond donors (Lipinski definition) is 4. The quantitative estimate of drug-likeness (QED) is 0.452. The minimum absolute atomic E-state index is 0.116. The van der Waals surface area contributed by atoms with Gasteiger partial charge in [0.1, 0.15) is 0 Å². The summed E-state index contributed by atoms with van der Waals surface area (Å²) in [5.41, 5.74) is 1.60. The van der Waals surface area contributed by atoms with Crippen molar-refractivity contribution in [3.63, 3.8) is 0 Å². The van der Waals surface area contributed by atoms with Crippen molar-refractivity contribution in [1.82, 2.24) is 0 Å². The lowest BCUT2D eigenvalue weighted by Crippen LogP contribution is -2.55. The zero-order chi connectivity index (χ0) is 23.4. The maximum atomic E-state index is 11.3. The van der Waals surface area contributed by atoms with E-state index in [1.54, 1.807) is 6.92 Å². The zero-order valence-corrected chi connectivity index (χ0v) is 20.3. The van der Waals surface area contributed by atoms with E-state index in [0.29, 0.717) is 36.0 Å². The first-order chi connectivity index (χ1) is 15.0. The van der Waals surface area contributed by atoms with Gasteiger partial charge in [0.2, 0.25) is 0 Å². The molecule has 3 saturated carbocycles. The second-order valence-corrected chi connectivity index (χ2v) is 12.3. The third kappa shape index (κ3) is 3.86. The van der Waals surface area contributed by atoms with Gasteiger partial charge in [-0.1, -0.05) is 32.4 Å². The van der Waals surface area contributed by atoms with Crippen LogP contribution in [0.1, 0.15) is 85.5 Å². The molecule has 3 unspecified atom stereocenters. The first-order valence-corrected chi connectivity index (χ1v) is 13.0. The molecule has 0 aromatic rings. The first kappa shape index (κ1) is 24.2. The predicted octanol–water partition coefficient (Wildman–Crippen LogP) is 4.40. The van der Waals surface area contributed by atoms with Crippen LogP contribution >= 0.6 is 0 Å². The highest BCUT2D eigenvalue weighted by Gasteiger charge is 2.61. The summed E-state index contributed by atoms with van der Waals surface area (Å²) in [5.74, 6) is 0.635. The van der Waals surface area contributed by atoms with Crippen LogP contribution in [-0.4, -0.2) is 44.7 Å². The summed E-state index contributed by atoms with van der Waals surface area (Å²) in [4.78, 5) is 11.2. The Morgan fingerprint density at radius 3 is 2.47 bits per heavy atom. The second-order valence-electron chi connectivity index (χ2n) is 12.3. The molecule has 0 saturated heterocycles. The SMILES string of the molecule is C[C@H](CC[C@H](O)[C@@H](C)C(=O)O)[C@H]1CCC2C3C(CC[C@@]21C)[C@@]1(C)CC[C@H](O)CC1=C[C@H]3O. The molecule has 5 nitrogen and oxygen atoms in total. The number of carboxylic acid groups (broad SMARTS) is 1. The standard InChI is InChI=1S/C27H44O5/c1-15(5-8-22(29)16(2)25(31)32)19-6-7-20-24-21(10-12-27(19,20)4)26(3)11-9-18(28)13-17(26)14-23(24)30/h14-16,18-24,28-30H,5-13H2,1-4H3,(H,31,32)/t15-,16-,18+,19-,20?,21?,22+,23-,24?,26+,27-/m1/s1. The number of aliphatic carboxylic acids is 1. The molecule has 0 aromatic carbocycles. The van der Waals surface area contributed by atoms with Crippen LogP contribution in [0.15, 0.2) is 11.6 Å². The molecular weight excluding hydrogens is 404 g/mol. The summed E-state index contributed by atoms with van der Waals surface area (Å²) < 4.78 is 0. The fourth-order valence-electron chi connectivity index (χ4n) is 8.65. The summed E-state index contributed by atoms with van der Waals surface area (Å²) in [5, 5.41) is 40.9. The highest BCUT2D eigenvalue weighted by molar-refractivity contribution is 5.70. The van der Waals surface area contributed by atoms with Gasteiger partial charge in [-0.05, 0) is 105 Å². The van der Waals surface area contributed by atoms with E-state index in [1.807, 2.05) is 0 Å². The minimum Gasteiger partial charge on any atom is -0.481 e. The van der Waals surface area contributed by atoms with Crippen LogP contribution in [0, 0.1) is 46.3 Å². The molecule has 32 heavy (non-hydrogen) atoms. The number of hydrogen-bond acceptors (Lipinski definition) is 4. The fraction of sp³-hybridized carbons (Fsp3) is 0.889. The van der Waals surface area contributed by atoms with E-state index < -0.39 is 24.1 Å². The molecule has 0 spiro atoms. The van der Waals surface area contributed by atoms with Gasteiger partial charge in [0.05, 0.1) is 24.2 Å². The highest BCUT2D eigenvalue weighted by atomic mass is 16.4. The third-order valence-electron chi connectivity index (χ3n) is 10.7. The van der Waals surface area contributed by atoms with Gasteiger partial charge in [0, 0.05) is 0 Å². The Hall–Kier alpha value is -0.910. The van der Waals surface area contributed by atoms with Gasteiger partial charge in [-0.2, -0.15) is 0 Å². The lowest BCUT2D eigenvalue weighted by atomic mass is 9.46. The molecule has 4 aliphatic carbocycles. The second kappa shape index (κ2) is 8.70. The number of aliphatic hydroxyl groups excluding tert-OH is 3. The van der Waals surface area contributed by atoms with Crippen LogP contribution < -0.4 is 0 Å². The van der Waals surface area contributed by atoms with Crippen LogP contribution in [0.25, 0.3) is 0 Å². The van der Waals surface area contributed by atoms with E-state index in [-0.39, 0.29) is 16.9 Å². The molecule has 3 fully saturated rings. The molecule has 0 aromatic heterocycles. The zero-order valence-electron chi connectivity index (χ0n) is 20.3. The monoisotopic (exact) mass is 448 g/mol. The molecule has 0 heterocycles. The Morgan fingerprint density at radius 2 is 1.78 bits per heavy atom. The van der Waals surface area contributed by atoms with Crippen molar-refractivity contribution >= 4 is 5.97 Å². The minimum atomic E-state index is -0.932. The number of carbonyl (C=O) groups is 1. The first-order valence-electron chi connectivity index (χ1n) is 13.0. The van der Waals surface area contributed by atoms with Gasteiger partial charge in [0.25, 0.3) is 0 Å². The molecule has 0 aliphatic heterocycles. The maximum Gasteiger partial charge on any atom is 0.308 e. The Balaban J connectivity index is 1.49. The molecule has 4 aliphatic rings. The van der Waals surface area contributed by atoms with Crippen LogP contribution in [0.5, 0.6) is 0 Å². The average molecular weight is 449 g/mol. The molecule has 4 N–H and O–H groups in total. The molecular formula is C27H44O5. The van der Waals surface area contributed by atoms with Gasteiger partial charge in [-0.25, -0.2) is 0 Å². The van der Waals surface area contributed by atoms with Crippen molar-refractivity contribution < 1.29 is 25.2 Å². The van der Waals surface area contributed by atoms with Gasteiger partial charge in [0.15, 0.2) is 0 Å². The van der Waals surface area contributed by atoms with E-state index >= 15 is 0 Å². The molecule has 0 amide bonds. The van der Waals surface area contributed by atoms with Crippen molar-refractivity contribution in [3.05, 3.63) is 11.6 Å². The number of carboxylic acids is 1. The van der Waals surface area contributed by atoms with Gasteiger partial charge >= 0.3 is 5.97 Å². The van der Waals surface area contributed by atoms with Crippen LogP contribution in [0.2, 0.25) is 0 Å². The summed E-state index contributed by atoms with van der Waals surface area (Å²) in [6.45, 7) is 8.69. The molecule has 5 heteroatoms. The Labute approximate surface area is 193 Å². The van der Waals surface area contributed by atoms with E-state index in [9.17, 15) is 25.2 Å². The van der Waals surface area contributed by atoms with Gasteiger partial charge in [-0.3, -0.25) is 4.79 Å². The van der Waals surface area contributed by atoms with Crippen LogP contribution in [0.4, 0.5) is 0 Å². The van der Waals surface area contributed by atoms with Crippen LogP contribution in [0.3, 0.4) is 0 Å². The van der Waals surface area contributed by atoms with Gasteiger partial charge < -0.3 is 20.4 Å². The lowest BCUT2D eigenvalue weighted by molar-refractivity contribution is -0.145. The molecule has 11 atom stereocenters. The number of aliphatic hydroxyl groups is 3. The van der Waals surface area contributed by atoms with Crippen molar-refractivity contribution in [3.8, 4) is 0 Å². The summed E-state index contributed by atoms with van der Waals surface area (Å²) >= 11 is 0. The van der Waals surface area contributed by atoms with Crippen molar-refractivity contribution in [1.29, 1.82) is 0 Å². The van der Waals surface area contributed by atoms with Crippen molar-refractivity contribution in [2.45, 2.75) is 104 Å².